The Balaban J connectivity index is 1.49. The number of rotatable bonds is 8. The minimum Gasteiger partial charge on any atom is -0.459 e. The molecule has 0 fully saturated rings. The van der Waals surface area contributed by atoms with E-state index in [0.29, 0.717) is 17.3 Å². The standard InChI is InChI=1S/C21H22N2O5S/c1-15-8-10-18(11-9-15)29(25,26)22-13-12-20(24)27-14-19-16(2)28-21(23-19)17-6-4-3-5-7-17/h3-11,22H,12-14H2,1-2H3. The van der Waals surface area contributed by atoms with Gasteiger partial charge >= 0.3 is 5.97 Å². The molecule has 29 heavy (non-hydrogen) atoms. The van der Waals surface area contributed by atoms with E-state index in [2.05, 4.69) is 9.71 Å². The molecular weight excluding hydrogens is 392 g/mol. The third kappa shape index (κ3) is 5.52. The van der Waals surface area contributed by atoms with Crippen molar-refractivity contribution in [3.63, 3.8) is 0 Å². The number of carbonyl (C=O) groups excluding carboxylic acids is 1. The number of hydrogen-bond donors (Lipinski definition) is 1. The molecule has 0 radical (unpaired) electrons. The van der Waals surface area contributed by atoms with Gasteiger partial charge in [0.15, 0.2) is 0 Å². The molecule has 0 aliphatic heterocycles. The molecule has 3 aromatic rings. The largest absolute Gasteiger partial charge is 0.459 e. The molecule has 0 aliphatic carbocycles. The predicted octanol–water partition coefficient (Wildman–Crippen LogP) is 3.37. The Morgan fingerprint density at radius 2 is 1.76 bits per heavy atom. The van der Waals surface area contributed by atoms with E-state index in [9.17, 15) is 13.2 Å². The lowest BCUT2D eigenvalue weighted by Crippen LogP contribution is -2.26. The summed E-state index contributed by atoms with van der Waals surface area (Å²) >= 11 is 0. The number of benzene rings is 2. The van der Waals surface area contributed by atoms with Crippen LogP contribution < -0.4 is 4.72 Å². The van der Waals surface area contributed by atoms with E-state index in [1.807, 2.05) is 37.3 Å². The van der Waals surface area contributed by atoms with E-state index < -0.39 is 16.0 Å². The van der Waals surface area contributed by atoms with Gasteiger partial charge in [-0.2, -0.15) is 0 Å². The zero-order valence-electron chi connectivity index (χ0n) is 16.2. The summed E-state index contributed by atoms with van der Waals surface area (Å²) < 4.78 is 37.6. The van der Waals surface area contributed by atoms with Crippen LogP contribution in [0.3, 0.4) is 0 Å². The highest BCUT2D eigenvalue weighted by atomic mass is 32.2. The van der Waals surface area contributed by atoms with Crippen LogP contribution in [0.2, 0.25) is 0 Å². The number of aromatic nitrogens is 1. The fraction of sp³-hybridized carbons (Fsp3) is 0.238. The number of nitrogens with zero attached hydrogens (tertiary/aromatic N) is 1. The van der Waals surface area contributed by atoms with Crippen LogP contribution >= 0.6 is 0 Å². The van der Waals surface area contributed by atoms with E-state index in [0.717, 1.165) is 11.1 Å². The maximum Gasteiger partial charge on any atom is 0.307 e. The molecule has 0 bridgehead atoms. The summed E-state index contributed by atoms with van der Waals surface area (Å²) in [7, 11) is -3.66. The molecule has 1 N–H and O–H groups in total. The molecule has 0 atom stereocenters. The average molecular weight is 414 g/mol. The zero-order valence-corrected chi connectivity index (χ0v) is 17.0. The van der Waals surface area contributed by atoms with Crippen molar-refractivity contribution in [2.45, 2.75) is 31.8 Å². The van der Waals surface area contributed by atoms with Crippen LogP contribution in [0.5, 0.6) is 0 Å². The molecular formula is C21H22N2O5S. The number of aryl methyl sites for hydroxylation is 2. The minimum absolute atomic E-state index is 0.0360. The summed E-state index contributed by atoms with van der Waals surface area (Å²) in [4.78, 5) is 16.5. The molecule has 2 aromatic carbocycles. The molecule has 0 spiro atoms. The topological polar surface area (TPSA) is 98.5 Å². The van der Waals surface area contributed by atoms with Crippen LogP contribution in [0, 0.1) is 13.8 Å². The molecule has 3 rings (SSSR count). The van der Waals surface area contributed by atoms with Crippen LogP contribution in [0.4, 0.5) is 0 Å². The van der Waals surface area contributed by atoms with Gasteiger partial charge in [-0.3, -0.25) is 4.79 Å². The number of sulfonamides is 1. The van der Waals surface area contributed by atoms with Crippen LogP contribution in [-0.4, -0.2) is 25.9 Å². The first-order valence-corrected chi connectivity index (χ1v) is 10.6. The fourth-order valence-corrected chi connectivity index (χ4v) is 3.61. The Morgan fingerprint density at radius 3 is 2.45 bits per heavy atom. The van der Waals surface area contributed by atoms with E-state index in [1.54, 1.807) is 19.1 Å². The quantitative estimate of drug-likeness (QED) is 0.568. The normalized spacial score (nSPS) is 11.4. The second-order valence-electron chi connectivity index (χ2n) is 6.51. The summed E-state index contributed by atoms with van der Waals surface area (Å²) in [6, 6.07) is 15.9. The van der Waals surface area contributed by atoms with Gasteiger partial charge in [-0.25, -0.2) is 18.1 Å². The Labute approximate surface area is 169 Å². The van der Waals surface area contributed by atoms with E-state index in [4.69, 9.17) is 9.15 Å². The van der Waals surface area contributed by atoms with Crippen LogP contribution in [0.25, 0.3) is 11.5 Å². The monoisotopic (exact) mass is 414 g/mol. The van der Waals surface area contributed by atoms with Gasteiger partial charge in [0.05, 0.1) is 11.3 Å². The lowest BCUT2D eigenvalue weighted by atomic mass is 10.2. The highest BCUT2D eigenvalue weighted by Gasteiger charge is 2.16. The van der Waals surface area contributed by atoms with Gasteiger partial charge in [0.2, 0.25) is 15.9 Å². The van der Waals surface area contributed by atoms with Crippen molar-refractivity contribution < 1.29 is 22.4 Å². The molecule has 0 saturated carbocycles. The molecule has 1 aromatic heterocycles. The molecule has 0 unspecified atom stereocenters. The van der Waals surface area contributed by atoms with E-state index >= 15 is 0 Å². The summed E-state index contributed by atoms with van der Waals surface area (Å²) in [5.41, 5.74) is 2.32. The van der Waals surface area contributed by atoms with Gasteiger partial charge < -0.3 is 9.15 Å². The third-order valence-electron chi connectivity index (χ3n) is 4.24. The van der Waals surface area contributed by atoms with Crippen molar-refractivity contribution in [3.05, 3.63) is 71.6 Å². The zero-order chi connectivity index (χ0) is 20.9. The lowest BCUT2D eigenvalue weighted by Gasteiger charge is -2.07. The van der Waals surface area contributed by atoms with Crippen molar-refractivity contribution in [1.29, 1.82) is 0 Å². The summed E-state index contributed by atoms with van der Waals surface area (Å²) in [6.45, 7) is 3.53. The maximum absolute atomic E-state index is 12.2. The Morgan fingerprint density at radius 1 is 1.07 bits per heavy atom. The van der Waals surface area contributed by atoms with Crippen molar-refractivity contribution in [2.24, 2.45) is 0 Å². The van der Waals surface area contributed by atoms with Crippen molar-refractivity contribution in [3.8, 4) is 11.5 Å². The van der Waals surface area contributed by atoms with Gasteiger partial charge in [-0.05, 0) is 38.1 Å². The van der Waals surface area contributed by atoms with Crippen LogP contribution in [0.1, 0.15) is 23.4 Å². The summed E-state index contributed by atoms with van der Waals surface area (Å²) in [5.74, 6) is 0.497. The Bertz CT molecular complexity index is 1070. The second-order valence-corrected chi connectivity index (χ2v) is 8.28. The van der Waals surface area contributed by atoms with E-state index in [-0.39, 0.29) is 24.5 Å². The van der Waals surface area contributed by atoms with Gasteiger partial charge in [0.1, 0.15) is 18.1 Å². The molecule has 8 heteroatoms. The number of hydrogen-bond acceptors (Lipinski definition) is 6. The lowest BCUT2D eigenvalue weighted by molar-refractivity contribution is -0.144. The van der Waals surface area contributed by atoms with E-state index in [1.165, 1.54) is 12.1 Å². The average Bonchev–Trinajstić information content (AvgIpc) is 3.08. The first-order chi connectivity index (χ1) is 13.8. The highest BCUT2D eigenvalue weighted by molar-refractivity contribution is 7.89. The van der Waals surface area contributed by atoms with Crippen molar-refractivity contribution in [1.82, 2.24) is 9.71 Å². The maximum atomic E-state index is 12.2. The molecule has 152 valence electrons. The molecule has 0 saturated heterocycles. The SMILES string of the molecule is Cc1ccc(S(=O)(=O)NCCC(=O)OCc2nc(-c3ccccc3)oc2C)cc1. The number of esters is 1. The molecule has 7 nitrogen and oxygen atoms in total. The third-order valence-corrected chi connectivity index (χ3v) is 5.71. The first kappa shape index (κ1) is 20.8. The Kier molecular flexibility index (Phi) is 6.46. The summed E-state index contributed by atoms with van der Waals surface area (Å²) in [6.07, 6.45) is -0.0897. The number of ether oxygens (including phenoxy) is 1. The van der Waals surface area contributed by atoms with Gasteiger partial charge in [-0.15, -0.1) is 0 Å². The second kappa shape index (κ2) is 9.02. The highest BCUT2D eigenvalue weighted by Crippen LogP contribution is 2.21. The number of carbonyl (C=O) groups is 1. The van der Waals surface area contributed by atoms with Gasteiger partial charge in [-0.1, -0.05) is 35.9 Å². The summed E-state index contributed by atoms with van der Waals surface area (Å²) in [5, 5.41) is 0. The molecule has 0 aliphatic rings. The first-order valence-electron chi connectivity index (χ1n) is 9.09. The smallest absolute Gasteiger partial charge is 0.307 e. The van der Waals surface area contributed by atoms with Crippen molar-refractivity contribution in [2.75, 3.05) is 6.54 Å². The van der Waals surface area contributed by atoms with Gasteiger partial charge in [0.25, 0.3) is 0 Å². The fourth-order valence-electron chi connectivity index (χ4n) is 2.58. The molecule has 1 heterocycles. The Hall–Kier alpha value is -2.97. The van der Waals surface area contributed by atoms with Crippen LogP contribution in [0.15, 0.2) is 63.9 Å². The minimum atomic E-state index is -3.66. The van der Waals surface area contributed by atoms with Gasteiger partial charge in [0, 0.05) is 12.1 Å². The predicted molar refractivity (Wildman–Crippen MR) is 107 cm³/mol. The number of nitrogens with one attached hydrogen (secondary N) is 1. The van der Waals surface area contributed by atoms with Crippen molar-refractivity contribution >= 4 is 16.0 Å². The van der Waals surface area contributed by atoms with Crippen LogP contribution in [-0.2, 0) is 26.2 Å². The molecule has 0 amide bonds. The number of oxazole rings is 1.